The molecule has 0 bridgehead atoms. The third-order valence-electron chi connectivity index (χ3n) is 24.8. The van der Waals surface area contributed by atoms with Crippen LogP contribution in [0, 0.1) is 34.6 Å². The van der Waals surface area contributed by atoms with E-state index in [4.69, 9.17) is 0 Å². The smallest absolute Gasteiger partial charge is 0.263 e. The zero-order valence-electron chi connectivity index (χ0n) is 71.6. The van der Waals surface area contributed by atoms with Gasteiger partial charge in [-0.25, -0.2) is 59.8 Å². The molecule has 14 heterocycles. The fraction of sp³-hybridized carbons (Fsp3) is 0.340. The molecule has 5 aromatic carbocycles. The lowest BCUT2D eigenvalue weighted by atomic mass is 9.98. The lowest BCUT2D eigenvalue weighted by molar-refractivity contribution is 0.216. The average Bonchev–Trinajstić information content (AvgIpc) is 0.854. The summed E-state index contributed by atoms with van der Waals surface area (Å²) in [5.74, 6) is 2.71. The van der Waals surface area contributed by atoms with Gasteiger partial charge in [0.2, 0.25) is 0 Å². The molecule has 8 N–H and O–H groups in total. The molecule has 4 atom stereocenters. The fourth-order valence-electron chi connectivity index (χ4n) is 18.3. The van der Waals surface area contributed by atoms with Gasteiger partial charge < -0.3 is 64.7 Å². The van der Waals surface area contributed by atoms with Crippen molar-refractivity contribution in [3.05, 3.63) is 264 Å². The van der Waals surface area contributed by atoms with E-state index < -0.39 is 0 Å². The first-order valence-electron chi connectivity index (χ1n) is 43.0. The summed E-state index contributed by atoms with van der Waals surface area (Å²) < 4.78 is 7.85. The van der Waals surface area contributed by atoms with Gasteiger partial charge in [-0.15, -0.1) is 0 Å². The molecule has 30 heteroatoms. The van der Waals surface area contributed by atoms with E-state index in [2.05, 4.69) is 167 Å². The van der Waals surface area contributed by atoms with Crippen LogP contribution in [0.3, 0.4) is 0 Å². The minimum absolute atomic E-state index is 0.0285. The maximum atomic E-state index is 13.9. The highest BCUT2D eigenvalue weighted by atomic mass is 16.1. The molecule has 12 aromatic heterocycles. The lowest BCUT2D eigenvalue weighted by Crippen LogP contribution is -2.38. The highest BCUT2D eigenvalue weighted by Crippen LogP contribution is 2.37. The van der Waals surface area contributed by atoms with Crippen LogP contribution >= 0.6 is 0 Å². The Kier molecular flexibility index (Phi) is 24.1. The normalized spacial score (nSPS) is 15.2. The van der Waals surface area contributed by atoms with Crippen LogP contribution in [-0.4, -0.2) is 148 Å². The molecule has 20 rings (SSSR count). The summed E-state index contributed by atoms with van der Waals surface area (Å²) in [4.78, 5) is 123. The van der Waals surface area contributed by atoms with Gasteiger partial charge in [0.05, 0.1) is 71.0 Å². The molecule has 2 aliphatic heterocycles. The average molecular weight is 1660 g/mol. The predicted octanol–water partition coefficient (Wildman–Crippen LogP) is 16.2. The van der Waals surface area contributed by atoms with Gasteiger partial charge in [-0.3, -0.25) is 23.7 Å². The molecule has 1 saturated carbocycles. The molecule has 30 nitrogen and oxygen atoms in total. The van der Waals surface area contributed by atoms with Crippen LogP contribution < -0.4 is 43.5 Å². The second kappa shape index (κ2) is 36.1. The first-order valence-corrected chi connectivity index (χ1v) is 43.0. The Hall–Kier alpha value is -13.7. The molecule has 634 valence electrons. The minimum Gasteiger partial charge on any atom is -0.360 e. The summed E-state index contributed by atoms with van der Waals surface area (Å²) in [5, 5.41) is 21.0. The number of anilines is 4. The molecule has 4 unspecified atom stereocenters. The number of benzene rings is 5. The van der Waals surface area contributed by atoms with Crippen molar-refractivity contribution in [3.63, 3.8) is 0 Å². The molecule has 17 aromatic rings. The molecule has 0 radical (unpaired) electrons. The Morgan fingerprint density at radius 1 is 0.387 bits per heavy atom. The van der Waals surface area contributed by atoms with Crippen LogP contribution in [0.25, 0.3) is 93.4 Å². The molecular weight excluding hydrogens is 1560 g/mol. The van der Waals surface area contributed by atoms with Crippen molar-refractivity contribution in [2.24, 2.45) is 0 Å². The van der Waals surface area contributed by atoms with Gasteiger partial charge in [0, 0.05) is 53.6 Å². The van der Waals surface area contributed by atoms with Crippen LogP contribution in [0.1, 0.15) is 179 Å². The number of aromatic amines is 4. The molecule has 3 aliphatic rings. The standard InChI is InChI=1S/2C24H29N7O.C24H22N6O.C22H24N6O/c1-16-7-6-8-18-13-19(17(2)29-23-21-22(26-14-25-21)27-15-28-23)31(24(32)20(16)18)12-11-30-9-4-3-5-10-30;1-4-18(29-23-21-22(26-13-25-21)27-14-28-23)19-12-16-7-5-6-15(2)20(16)24(32)31(19)17-8-10-30(3)11-9-17;1-14-6-4-9-18(10-14)30-19(11-17-8-5-7-15(2)20(17)24(30)31)16(3)29-23-21-22(26-12-25-21)27-13-28-23;1-13-6-5-7-15-10-17(28(22(29)18(13)15)16-8-3-4-9-16)14(2)27-21-19-20(24-11-23-19)25-12-26-21/h6-8,13-15,17H,3-5,9-12H2,1-2H3,(H2,25,26,27,28,29);5-7,12-14,17-18H,4,8-11H2,1-3H3,(H2,25,26,27,28,29);4-13,16H,1-3H3,(H2,25,26,27,28,29);5-7,10-12,14,16H,3-4,8-9H2,1-2H3,(H2,23,24,25,26,27). The van der Waals surface area contributed by atoms with Crippen molar-refractivity contribution in [2.45, 2.75) is 169 Å². The number of nitrogens with zero attached hydrogens (tertiary/aromatic N) is 18. The summed E-state index contributed by atoms with van der Waals surface area (Å²) >= 11 is 0. The number of fused-ring (bicyclic) bond motifs is 8. The van der Waals surface area contributed by atoms with E-state index >= 15 is 0 Å². The maximum absolute atomic E-state index is 13.9. The van der Waals surface area contributed by atoms with Gasteiger partial charge in [-0.05, 0) is 219 Å². The summed E-state index contributed by atoms with van der Waals surface area (Å²) in [5.41, 5.74) is 15.5. The van der Waals surface area contributed by atoms with Crippen molar-refractivity contribution in [3.8, 4) is 5.69 Å². The number of nitrogens with one attached hydrogen (secondary N) is 8. The summed E-state index contributed by atoms with van der Waals surface area (Å²) in [7, 11) is 2.14. The van der Waals surface area contributed by atoms with E-state index in [9.17, 15) is 19.2 Å². The van der Waals surface area contributed by atoms with Gasteiger partial charge in [-0.1, -0.05) is 111 Å². The van der Waals surface area contributed by atoms with Crippen LogP contribution in [0.4, 0.5) is 23.3 Å². The number of aromatic nitrogens is 20. The summed E-state index contributed by atoms with van der Waals surface area (Å²) in [6.07, 6.45) is 23.4. The molecule has 3 fully saturated rings. The topological polar surface area (TPSA) is 360 Å². The van der Waals surface area contributed by atoms with Gasteiger partial charge in [0.15, 0.2) is 45.9 Å². The second-order valence-electron chi connectivity index (χ2n) is 33.1. The Morgan fingerprint density at radius 2 is 0.774 bits per heavy atom. The van der Waals surface area contributed by atoms with Gasteiger partial charge in [0.25, 0.3) is 22.2 Å². The van der Waals surface area contributed by atoms with E-state index in [-0.39, 0.29) is 58.5 Å². The van der Waals surface area contributed by atoms with E-state index in [1.807, 2.05) is 148 Å². The highest BCUT2D eigenvalue weighted by molar-refractivity contribution is 5.90. The Balaban J connectivity index is 0.000000117. The zero-order valence-corrected chi connectivity index (χ0v) is 71.6. The quantitative estimate of drug-likeness (QED) is 0.0373. The summed E-state index contributed by atoms with van der Waals surface area (Å²) in [6, 6.07) is 40.6. The van der Waals surface area contributed by atoms with Crippen LogP contribution in [0.15, 0.2) is 191 Å². The van der Waals surface area contributed by atoms with Crippen LogP contribution in [-0.2, 0) is 6.54 Å². The number of rotatable bonds is 19. The van der Waals surface area contributed by atoms with Crippen LogP contribution in [0.2, 0.25) is 0 Å². The van der Waals surface area contributed by atoms with E-state index in [0.717, 1.165) is 186 Å². The third-order valence-corrected chi connectivity index (χ3v) is 24.8. The van der Waals surface area contributed by atoms with Gasteiger partial charge >= 0.3 is 0 Å². The molecule has 2 saturated heterocycles. The minimum atomic E-state index is -0.209. The Bertz CT molecular complexity index is 7020. The van der Waals surface area contributed by atoms with Crippen molar-refractivity contribution in [2.75, 3.05) is 61.0 Å². The van der Waals surface area contributed by atoms with Crippen molar-refractivity contribution in [1.29, 1.82) is 0 Å². The third kappa shape index (κ3) is 16.8. The molecule has 1 aliphatic carbocycles. The first kappa shape index (κ1) is 82.6. The zero-order chi connectivity index (χ0) is 85.8. The monoisotopic (exact) mass is 1660 g/mol. The molecule has 124 heavy (non-hydrogen) atoms. The summed E-state index contributed by atoms with van der Waals surface area (Å²) in [6.45, 7) is 24.1. The van der Waals surface area contributed by atoms with E-state index in [0.29, 0.717) is 52.4 Å². The molecular formula is C94H104N26O4. The SMILES string of the molecule is CCC(Nc1ncnc2nc[nH]c12)c1cc2cccc(C)c2c(=O)n1C1CCN(C)CC1.Cc1cccc(-n2c(C(C)Nc3ncnc4nc[nH]c34)cc3cccc(C)c3c2=O)c1.Cc1cccc2cc(C(C)Nc3ncnc4nc[nH]c34)n(C3CCCC3)c(=O)c12.Cc1cccc2cc(C(C)Nc3ncnc4nc[nH]c34)n(CCN3CCCCC3)c(=O)c12. The van der Waals surface area contributed by atoms with Gasteiger partial charge in [-0.2, -0.15) is 0 Å². The fourth-order valence-corrected chi connectivity index (χ4v) is 18.3. The Labute approximate surface area is 715 Å². The number of H-pyrrole nitrogens is 4. The predicted molar refractivity (Wildman–Crippen MR) is 491 cm³/mol. The number of aryl methyl sites for hydroxylation is 5. The number of likely N-dealkylation sites (tertiary alicyclic amines) is 2. The van der Waals surface area contributed by atoms with Crippen molar-refractivity contribution in [1.82, 2.24) is 108 Å². The number of hydrogen-bond acceptors (Lipinski definition) is 22. The number of piperidine rings is 2. The largest absolute Gasteiger partial charge is 0.360 e. The maximum Gasteiger partial charge on any atom is 0.263 e. The number of imidazole rings is 4. The highest BCUT2D eigenvalue weighted by Gasteiger charge is 2.30. The van der Waals surface area contributed by atoms with Crippen LogP contribution in [0.5, 0.6) is 0 Å². The molecule has 0 spiro atoms. The van der Waals surface area contributed by atoms with Crippen molar-refractivity contribution >= 4 is 111 Å². The first-order chi connectivity index (χ1) is 60.3. The van der Waals surface area contributed by atoms with E-state index in [1.54, 1.807) is 29.9 Å². The number of pyridine rings is 4. The van der Waals surface area contributed by atoms with Crippen molar-refractivity contribution < 1.29 is 0 Å². The van der Waals surface area contributed by atoms with E-state index in [1.165, 1.54) is 57.4 Å². The Morgan fingerprint density at radius 3 is 1.23 bits per heavy atom. The van der Waals surface area contributed by atoms with Gasteiger partial charge in [0.1, 0.15) is 47.4 Å². The lowest BCUT2D eigenvalue weighted by Gasteiger charge is -2.34. The molecule has 0 amide bonds. The number of hydrogen-bond donors (Lipinski definition) is 8. The second-order valence-corrected chi connectivity index (χ2v) is 33.1.